The molecule has 5 heteroatoms. The van der Waals surface area contributed by atoms with Crippen LogP contribution in [0.15, 0.2) is 0 Å². The van der Waals surface area contributed by atoms with Gasteiger partial charge in [0.05, 0.1) is 12.1 Å². The Hall–Kier alpha value is -0.650. The van der Waals surface area contributed by atoms with E-state index in [2.05, 4.69) is 10.2 Å². The number of carbonyl (C=O) groups is 1. The number of nitrogens with zero attached hydrogens (tertiary/aromatic N) is 1. The second-order valence-electron chi connectivity index (χ2n) is 6.99. The molecule has 120 valence electrons. The van der Waals surface area contributed by atoms with Gasteiger partial charge >= 0.3 is 0 Å². The van der Waals surface area contributed by atoms with Crippen LogP contribution in [0.5, 0.6) is 0 Å². The molecule has 0 radical (unpaired) electrons. The highest BCUT2D eigenvalue weighted by atomic mass is 16.5. The number of ether oxygens (including phenoxy) is 1. The van der Waals surface area contributed by atoms with Gasteiger partial charge in [-0.2, -0.15) is 0 Å². The third-order valence-electron chi connectivity index (χ3n) is 5.47. The van der Waals surface area contributed by atoms with E-state index >= 15 is 0 Å². The van der Waals surface area contributed by atoms with E-state index in [9.17, 15) is 9.90 Å². The van der Waals surface area contributed by atoms with E-state index in [0.717, 1.165) is 64.8 Å². The van der Waals surface area contributed by atoms with Crippen LogP contribution in [0.2, 0.25) is 0 Å². The van der Waals surface area contributed by atoms with Gasteiger partial charge in [-0.1, -0.05) is 12.8 Å². The van der Waals surface area contributed by atoms with Crippen molar-refractivity contribution in [1.82, 2.24) is 10.2 Å². The number of nitrogens with one attached hydrogen (secondary N) is 1. The quantitative estimate of drug-likeness (QED) is 0.812. The maximum Gasteiger partial charge on any atom is 0.234 e. The molecule has 3 rings (SSSR count). The monoisotopic (exact) mass is 296 g/mol. The molecule has 1 amide bonds. The number of amides is 1. The van der Waals surface area contributed by atoms with Crippen molar-refractivity contribution in [2.75, 3.05) is 32.8 Å². The highest BCUT2D eigenvalue weighted by Gasteiger charge is 2.42. The van der Waals surface area contributed by atoms with Crippen molar-refractivity contribution in [3.05, 3.63) is 0 Å². The number of fused-ring (bicyclic) bond motifs is 1. The van der Waals surface area contributed by atoms with Gasteiger partial charge in [0, 0.05) is 38.3 Å². The van der Waals surface area contributed by atoms with E-state index in [4.69, 9.17) is 4.74 Å². The highest BCUT2D eigenvalue weighted by Crippen LogP contribution is 2.39. The van der Waals surface area contributed by atoms with Gasteiger partial charge in [0.2, 0.25) is 5.91 Å². The second-order valence-corrected chi connectivity index (χ2v) is 6.99. The Bertz CT molecular complexity index is 371. The molecule has 3 aliphatic rings. The molecule has 2 saturated heterocycles. The number of rotatable bonds is 3. The van der Waals surface area contributed by atoms with E-state index in [1.807, 2.05) is 0 Å². The van der Waals surface area contributed by atoms with Crippen LogP contribution >= 0.6 is 0 Å². The molecule has 5 nitrogen and oxygen atoms in total. The van der Waals surface area contributed by atoms with Gasteiger partial charge < -0.3 is 15.2 Å². The van der Waals surface area contributed by atoms with Gasteiger partial charge in [0.25, 0.3) is 0 Å². The predicted octanol–water partition coefficient (Wildman–Crippen LogP) is 0.909. The first-order valence-electron chi connectivity index (χ1n) is 8.47. The molecular formula is C16H28N2O3. The van der Waals surface area contributed by atoms with Crippen molar-refractivity contribution in [1.29, 1.82) is 0 Å². The van der Waals surface area contributed by atoms with Crippen LogP contribution in [0.4, 0.5) is 0 Å². The Morgan fingerprint density at radius 2 is 2.05 bits per heavy atom. The number of carbonyl (C=O) groups excluding carboxylic acids is 1. The SMILES string of the molecule is O=C(CN1CCC2(O)CCCCC2C1)NC1CCOCC1. The zero-order valence-electron chi connectivity index (χ0n) is 12.9. The van der Waals surface area contributed by atoms with Crippen molar-refractivity contribution in [3.8, 4) is 0 Å². The number of likely N-dealkylation sites (tertiary alicyclic amines) is 1. The van der Waals surface area contributed by atoms with Crippen molar-refractivity contribution in [2.24, 2.45) is 5.92 Å². The van der Waals surface area contributed by atoms with Gasteiger partial charge in [0.1, 0.15) is 0 Å². The highest BCUT2D eigenvalue weighted by molar-refractivity contribution is 5.78. The summed E-state index contributed by atoms with van der Waals surface area (Å²) in [5.41, 5.74) is -0.452. The lowest BCUT2D eigenvalue weighted by Crippen LogP contribution is -2.55. The summed E-state index contributed by atoms with van der Waals surface area (Å²) in [7, 11) is 0. The minimum absolute atomic E-state index is 0.128. The summed E-state index contributed by atoms with van der Waals surface area (Å²) in [5.74, 6) is 0.485. The Kier molecular flexibility index (Phi) is 4.82. The fourth-order valence-electron chi connectivity index (χ4n) is 4.10. The fourth-order valence-corrected chi connectivity index (χ4v) is 4.10. The lowest BCUT2D eigenvalue weighted by Gasteiger charge is -2.47. The summed E-state index contributed by atoms with van der Waals surface area (Å²) < 4.78 is 5.31. The molecular weight excluding hydrogens is 268 g/mol. The molecule has 2 heterocycles. The van der Waals surface area contributed by atoms with Gasteiger partial charge in [0.15, 0.2) is 0 Å². The second kappa shape index (κ2) is 6.63. The van der Waals surface area contributed by atoms with Crippen LogP contribution in [0.3, 0.4) is 0 Å². The molecule has 2 N–H and O–H groups in total. The van der Waals surface area contributed by atoms with E-state index < -0.39 is 5.60 Å². The molecule has 21 heavy (non-hydrogen) atoms. The Balaban J connectivity index is 1.46. The van der Waals surface area contributed by atoms with E-state index in [1.54, 1.807) is 0 Å². The smallest absolute Gasteiger partial charge is 0.234 e. The predicted molar refractivity (Wildman–Crippen MR) is 79.9 cm³/mol. The molecule has 1 saturated carbocycles. The molecule has 0 spiro atoms. The minimum atomic E-state index is -0.452. The molecule has 1 aliphatic carbocycles. The molecule has 0 aromatic rings. The van der Waals surface area contributed by atoms with Crippen LogP contribution in [0, 0.1) is 5.92 Å². The molecule has 2 unspecified atom stereocenters. The fraction of sp³-hybridized carbons (Fsp3) is 0.938. The van der Waals surface area contributed by atoms with E-state index in [-0.39, 0.29) is 11.9 Å². The third-order valence-corrected chi connectivity index (χ3v) is 5.47. The Morgan fingerprint density at radius 3 is 2.86 bits per heavy atom. The number of hydrogen-bond acceptors (Lipinski definition) is 4. The lowest BCUT2D eigenvalue weighted by atomic mass is 9.71. The number of hydrogen-bond donors (Lipinski definition) is 2. The van der Waals surface area contributed by atoms with Crippen LogP contribution in [0.25, 0.3) is 0 Å². The van der Waals surface area contributed by atoms with Crippen molar-refractivity contribution in [2.45, 2.75) is 56.6 Å². The van der Waals surface area contributed by atoms with Crippen LogP contribution < -0.4 is 5.32 Å². The molecule has 0 aromatic heterocycles. The maximum atomic E-state index is 12.2. The van der Waals surface area contributed by atoms with Gasteiger partial charge in [-0.15, -0.1) is 0 Å². The summed E-state index contributed by atoms with van der Waals surface area (Å²) in [6.07, 6.45) is 7.09. The third kappa shape index (κ3) is 3.76. The average molecular weight is 296 g/mol. The first kappa shape index (κ1) is 15.3. The van der Waals surface area contributed by atoms with Crippen molar-refractivity contribution < 1.29 is 14.6 Å². The maximum absolute atomic E-state index is 12.2. The lowest BCUT2D eigenvalue weighted by molar-refractivity contribution is -0.128. The van der Waals surface area contributed by atoms with Gasteiger partial charge in [-0.25, -0.2) is 0 Å². The summed E-state index contributed by atoms with van der Waals surface area (Å²) >= 11 is 0. The van der Waals surface area contributed by atoms with Crippen molar-refractivity contribution >= 4 is 5.91 Å². The van der Waals surface area contributed by atoms with E-state index in [1.165, 1.54) is 6.42 Å². The van der Waals surface area contributed by atoms with Crippen LogP contribution in [0.1, 0.15) is 44.9 Å². The molecule has 0 bridgehead atoms. The standard InChI is InChI=1S/C16H28N2O3/c19-15(17-14-4-9-21-10-5-14)12-18-8-7-16(20)6-2-1-3-13(16)11-18/h13-14,20H,1-12H2,(H,17,19). The van der Waals surface area contributed by atoms with Crippen LogP contribution in [-0.4, -0.2) is 60.4 Å². The molecule has 2 atom stereocenters. The zero-order valence-corrected chi connectivity index (χ0v) is 12.9. The number of piperidine rings is 1. The van der Waals surface area contributed by atoms with Crippen LogP contribution in [-0.2, 0) is 9.53 Å². The average Bonchev–Trinajstić information content (AvgIpc) is 2.48. The number of aliphatic hydroxyl groups is 1. The summed E-state index contributed by atoms with van der Waals surface area (Å²) in [6, 6.07) is 0.280. The van der Waals surface area contributed by atoms with Gasteiger partial charge in [-0.3, -0.25) is 9.69 Å². The van der Waals surface area contributed by atoms with Crippen molar-refractivity contribution in [3.63, 3.8) is 0 Å². The van der Waals surface area contributed by atoms with E-state index in [0.29, 0.717) is 12.5 Å². The molecule has 0 aromatic carbocycles. The Morgan fingerprint density at radius 1 is 1.24 bits per heavy atom. The largest absolute Gasteiger partial charge is 0.390 e. The first-order valence-corrected chi connectivity index (χ1v) is 8.47. The summed E-state index contributed by atoms with van der Waals surface area (Å²) in [4.78, 5) is 14.4. The molecule has 3 fully saturated rings. The normalized spacial score (nSPS) is 35.2. The Labute approximate surface area is 127 Å². The topological polar surface area (TPSA) is 61.8 Å². The minimum Gasteiger partial charge on any atom is -0.390 e. The summed E-state index contributed by atoms with van der Waals surface area (Å²) in [6.45, 7) is 3.70. The first-order chi connectivity index (χ1) is 10.2. The molecule has 2 aliphatic heterocycles. The summed E-state index contributed by atoms with van der Waals surface area (Å²) in [5, 5.41) is 13.8. The van der Waals surface area contributed by atoms with Gasteiger partial charge in [-0.05, 0) is 32.1 Å². The zero-order chi connectivity index (χ0) is 14.7.